The molecule has 0 amide bonds. The van der Waals surface area contributed by atoms with E-state index in [4.69, 9.17) is 11.5 Å². The number of hydrogen-bond acceptors (Lipinski definition) is 7. The Bertz CT molecular complexity index is 1040. The molecular formula is C20H23N5O2S. The van der Waals surface area contributed by atoms with E-state index in [1.54, 1.807) is 59.5 Å². The number of para-hydroxylation sites is 1. The van der Waals surface area contributed by atoms with E-state index >= 15 is 0 Å². The lowest BCUT2D eigenvalue weighted by Crippen LogP contribution is -2.58. The van der Waals surface area contributed by atoms with Crippen LogP contribution in [-0.4, -0.2) is 26.0 Å². The van der Waals surface area contributed by atoms with E-state index in [2.05, 4.69) is 9.98 Å². The van der Waals surface area contributed by atoms with E-state index in [1.807, 2.05) is 0 Å². The van der Waals surface area contributed by atoms with Crippen LogP contribution in [-0.2, 0) is 9.84 Å². The predicted molar refractivity (Wildman–Crippen MR) is 110 cm³/mol. The highest BCUT2D eigenvalue weighted by Crippen LogP contribution is 2.42. The lowest BCUT2D eigenvalue weighted by molar-refractivity contribution is 0.305. The van der Waals surface area contributed by atoms with Crippen LogP contribution in [0.1, 0.15) is 32.1 Å². The topological polar surface area (TPSA) is 114 Å². The van der Waals surface area contributed by atoms with E-state index in [0.29, 0.717) is 5.69 Å². The van der Waals surface area contributed by atoms with Gasteiger partial charge < -0.3 is 11.5 Å². The monoisotopic (exact) mass is 397 g/mol. The van der Waals surface area contributed by atoms with Gasteiger partial charge in [0.05, 0.1) is 15.5 Å². The molecule has 1 aliphatic heterocycles. The van der Waals surface area contributed by atoms with Gasteiger partial charge in [-0.3, -0.25) is 4.90 Å². The summed E-state index contributed by atoms with van der Waals surface area (Å²) in [6.07, 6.45) is 4.52. The molecule has 146 valence electrons. The second kappa shape index (κ2) is 6.94. The van der Waals surface area contributed by atoms with Crippen LogP contribution in [0, 0.1) is 0 Å². The minimum atomic E-state index is -3.74. The van der Waals surface area contributed by atoms with Crippen molar-refractivity contribution in [3.63, 3.8) is 0 Å². The van der Waals surface area contributed by atoms with E-state index in [-0.39, 0.29) is 21.7 Å². The lowest BCUT2D eigenvalue weighted by Gasteiger charge is -2.46. The van der Waals surface area contributed by atoms with Crippen molar-refractivity contribution in [2.45, 2.75) is 47.6 Å². The molecule has 1 fully saturated rings. The van der Waals surface area contributed by atoms with Crippen molar-refractivity contribution in [1.29, 1.82) is 0 Å². The van der Waals surface area contributed by atoms with Gasteiger partial charge in [0.25, 0.3) is 0 Å². The number of benzene rings is 2. The van der Waals surface area contributed by atoms with Gasteiger partial charge in [0.2, 0.25) is 21.8 Å². The summed E-state index contributed by atoms with van der Waals surface area (Å²) < 4.78 is 26.7. The number of aliphatic imine (C=N–C) groups is 2. The third-order valence-electron chi connectivity index (χ3n) is 5.30. The summed E-state index contributed by atoms with van der Waals surface area (Å²) in [5.74, 6) is 0.309. The quantitative estimate of drug-likeness (QED) is 0.826. The van der Waals surface area contributed by atoms with Gasteiger partial charge in [-0.1, -0.05) is 36.8 Å². The smallest absolute Gasteiger partial charge is 0.220 e. The Kier molecular flexibility index (Phi) is 4.58. The summed E-state index contributed by atoms with van der Waals surface area (Å²) >= 11 is 0. The Morgan fingerprint density at radius 1 is 0.893 bits per heavy atom. The molecule has 2 aromatic rings. The van der Waals surface area contributed by atoms with Crippen molar-refractivity contribution in [2.75, 3.05) is 4.90 Å². The van der Waals surface area contributed by atoms with Crippen LogP contribution < -0.4 is 16.4 Å². The van der Waals surface area contributed by atoms with E-state index in [0.717, 1.165) is 32.1 Å². The molecule has 0 bridgehead atoms. The molecule has 0 aromatic heterocycles. The molecule has 0 saturated heterocycles. The van der Waals surface area contributed by atoms with Crippen molar-refractivity contribution in [1.82, 2.24) is 0 Å². The summed E-state index contributed by atoms with van der Waals surface area (Å²) in [7, 11) is -3.74. The van der Waals surface area contributed by atoms with Crippen molar-refractivity contribution < 1.29 is 8.42 Å². The zero-order valence-corrected chi connectivity index (χ0v) is 16.3. The van der Waals surface area contributed by atoms with Crippen molar-refractivity contribution >= 4 is 27.4 Å². The van der Waals surface area contributed by atoms with Gasteiger partial charge in [0.15, 0.2) is 0 Å². The minimum Gasteiger partial charge on any atom is -0.369 e. The molecule has 4 rings (SSSR count). The second-order valence-electron chi connectivity index (χ2n) is 7.10. The highest BCUT2D eigenvalue weighted by atomic mass is 32.2. The molecule has 8 heteroatoms. The molecule has 1 aliphatic carbocycles. The summed E-state index contributed by atoms with van der Waals surface area (Å²) in [5.41, 5.74) is 12.0. The van der Waals surface area contributed by atoms with Crippen LogP contribution in [0.2, 0.25) is 0 Å². The first-order valence-electron chi connectivity index (χ1n) is 9.33. The summed E-state index contributed by atoms with van der Waals surface area (Å²) in [6, 6.07) is 15.2. The Morgan fingerprint density at radius 3 is 2.25 bits per heavy atom. The number of anilines is 1. The highest BCUT2D eigenvalue weighted by molar-refractivity contribution is 7.91. The molecule has 4 N–H and O–H groups in total. The highest BCUT2D eigenvalue weighted by Gasteiger charge is 2.44. The fourth-order valence-corrected chi connectivity index (χ4v) is 5.53. The number of hydrogen-bond donors (Lipinski definition) is 2. The minimum absolute atomic E-state index is 0.138. The van der Waals surface area contributed by atoms with Crippen LogP contribution >= 0.6 is 0 Å². The van der Waals surface area contributed by atoms with Crippen molar-refractivity contribution in [3.05, 3.63) is 54.6 Å². The Hall–Kier alpha value is -2.87. The van der Waals surface area contributed by atoms with Crippen LogP contribution in [0.25, 0.3) is 0 Å². The van der Waals surface area contributed by atoms with E-state index < -0.39 is 15.5 Å². The molecule has 7 nitrogen and oxygen atoms in total. The molecule has 2 aromatic carbocycles. The Labute approximate surface area is 164 Å². The van der Waals surface area contributed by atoms with E-state index in [9.17, 15) is 8.42 Å². The molecule has 0 radical (unpaired) electrons. The van der Waals surface area contributed by atoms with Crippen LogP contribution in [0.4, 0.5) is 5.69 Å². The van der Waals surface area contributed by atoms with Gasteiger partial charge in [-0.15, -0.1) is 0 Å². The van der Waals surface area contributed by atoms with Gasteiger partial charge in [0.1, 0.15) is 5.66 Å². The molecule has 1 heterocycles. The normalized spacial score (nSPS) is 19.2. The first-order chi connectivity index (χ1) is 13.4. The van der Waals surface area contributed by atoms with Gasteiger partial charge in [-0.25, -0.2) is 13.4 Å². The number of sulfone groups is 1. The third kappa shape index (κ3) is 3.03. The molecule has 0 atom stereocenters. The third-order valence-corrected chi connectivity index (χ3v) is 7.12. The Morgan fingerprint density at radius 2 is 1.54 bits per heavy atom. The maximum absolute atomic E-state index is 13.4. The Balaban J connectivity index is 1.89. The molecule has 2 aliphatic rings. The number of nitrogens with zero attached hydrogens (tertiary/aromatic N) is 3. The molecule has 28 heavy (non-hydrogen) atoms. The fraction of sp³-hybridized carbons (Fsp3) is 0.300. The van der Waals surface area contributed by atoms with Crippen LogP contribution in [0.3, 0.4) is 0 Å². The number of guanidine groups is 2. The molecular weight excluding hydrogens is 374 g/mol. The van der Waals surface area contributed by atoms with Crippen LogP contribution in [0.15, 0.2) is 74.4 Å². The van der Waals surface area contributed by atoms with Crippen LogP contribution in [0.5, 0.6) is 0 Å². The average Bonchev–Trinajstić information content (AvgIpc) is 2.69. The van der Waals surface area contributed by atoms with Gasteiger partial charge >= 0.3 is 0 Å². The number of rotatable bonds is 3. The maximum atomic E-state index is 13.4. The number of nitrogens with two attached hydrogens (primary N) is 2. The summed E-state index contributed by atoms with van der Waals surface area (Å²) in [4.78, 5) is 10.9. The molecule has 1 saturated carbocycles. The molecule has 0 unspecified atom stereocenters. The van der Waals surface area contributed by atoms with E-state index in [1.165, 1.54) is 0 Å². The SMILES string of the molecule is NC1=NC2(CCCCC2)N(c2ccccc2S(=O)(=O)c2ccccc2)C(N)=N1. The zero-order chi connectivity index (χ0) is 19.8. The summed E-state index contributed by atoms with van der Waals surface area (Å²) in [6.45, 7) is 0. The van der Waals surface area contributed by atoms with Gasteiger partial charge in [0, 0.05) is 0 Å². The summed E-state index contributed by atoms with van der Waals surface area (Å²) in [5, 5.41) is 0. The first kappa shape index (κ1) is 18.5. The second-order valence-corrected chi connectivity index (χ2v) is 9.02. The van der Waals surface area contributed by atoms with Crippen molar-refractivity contribution in [2.24, 2.45) is 21.5 Å². The van der Waals surface area contributed by atoms with Gasteiger partial charge in [-0.05, 0) is 49.9 Å². The van der Waals surface area contributed by atoms with Gasteiger partial charge in [-0.2, -0.15) is 4.99 Å². The average molecular weight is 398 g/mol. The largest absolute Gasteiger partial charge is 0.369 e. The maximum Gasteiger partial charge on any atom is 0.220 e. The predicted octanol–water partition coefficient (Wildman–Crippen LogP) is 2.63. The standard InChI is InChI=1S/C20H23N5O2S/c21-18-23-19(22)25(20(24-18)13-7-2-8-14-20)16-11-5-6-12-17(16)28(26,27)15-9-3-1-4-10-15/h1,3-6,9-12H,2,7-8,13-14H2,(H4,21,22,23,24). The van der Waals surface area contributed by atoms with Crippen molar-refractivity contribution in [3.8, 4) is 0 Å². The lowest BCUT2D eigenvalue weighted by atomic mass is 9.87. The molecule has 1 spiro atoms. The zero-order valence-electron chi connectivity index (χ0n) is 15.5. The fourth-order valence-electron chi connectivity index (χ4n) is 4.07. The first-order valence-corrected chi connectivity index (χ1v) is 10.8.